The van der Waals surface area contributed by atoms with Gasteiger partial charge in [-0.05, 0) is 24.0 Å². The van der Waals surface area contributed by atoms with Crippen molar-refractivity contribution in [1.29, 1.82) is 0 Å². The summed E-state index contributed by atoms with van der Waals surface area (Å²) in [5, 5.41) is 7.58. The van der Waals surface area contributed by atoms with Crippen molar-refractivity contribution in [3.8, 4) is 5.75 Å². The number of morpholine rings is 1. The summed E-state index contributed by atoms with van der Waals surface area (Å²) in [6, 6.07) is 5.50. The number of ether oxygens (including phenoxy) is 3. The summed E-state index contributed by atoms with van der Waals surface area (Å²) in [6.45, 7) is 5.11. The first-order chi connectivity index (χ1) is 15.5. The number of rotatable bonds is 10. The fourth-order valence-electron chi connectivity index (χ4n) is 3.25. The Bertz CT molecular complexity index is 927. The van der Waals surface area contributed by atoms with Crippen molar-refractivity contribution in [2.45, 2.75) is 11.7 Å². The van der Waals surface area contributed by atoms with Crippen molar-refractivity contribution >= 4 is 41.0 Å². The fourth-order valence-corrected chi connectivity index (χ4v) is 3.89. The van der Waals surface area contributed by atoms with Gasteiger partial charge in [0.15, 0.2) is 5.16 Å². The fraction of sp³-hybridized carbons (Fsp3) is 0.476. The Kier molecular flexibility index (Phi) is 9.22. The third kappa shape index (κ3) is 6.38. The van der Waals surface area contributed by atoms with E-state index in [2.05, 4.69) is 25.5 Å². The maximum Gasteiger partial charge on any atom is 0.345 e. The van der Waals surface area contributed by atoms with Crippen LogP contribution in [0.25, 0.3) is 0 Å². The minimum atomic E-state index is -0.512. The quantitative estimate of drug-likeness (QED) is 0.299. The van der Waals surface area contributed by atoms with E-state index in [1.807, 2.05) is 18.4 Å². The van der Waals surface area contributed by atoms with E-state index in [1.165, 1.54) is 18.9 Å². The summed E-state index contributed by atoms with van der Waals surface area (Å²) < 4.78 is 15.6. The second-order valence-electron chi connectivity index (χ2n) is 6.98. The molecule has 2 N–H and O–H groups in total. The first kappa shape index (κ1) is 24.4. The van der Waals surface area contributed by atoms with Gasteiger partial charge < -0.3 is 24.8 Å². The molecule has 174 valence electrons. The maximum atomic E-state index is 12.6. The molecule has 1 saturated heterocycles. The third-order valence-corrected chi connectivity index (χ3v) is 5.80. The van der Waals surface area contributed by atoms with Crippen LogP contribution in [0, 0.1) is 0 Å². The number of hydrogen-bond acceptors (Lipinski definition) is 10. The molecule has 0 atom stereocenters. The summed E-state index contributed by atoms with van der Waals surface area (Å²) in [5.41, 5.74) is 1.18. The van der Waals surface area contributed by atoms with Gasteiger partial charge in [-0.25, -0.2) is 14.8 Å². The summed E-state index contributed by atoms with van der Waals surface area (Å²) in [6.07, 6.45) is 1.89. The van der Waals surface area contributed by atoms with Crippen LogP contribution in [0.15, 0.2) is 23.4 Å². The van der Waals surface area contributed by atoms with Gasteiger partial charge in [0.1, 0.15) is 22.9 Å². The van der Waals surface area contributed by atoms with Gasteiger partial charge in [0, 0.05) is 32.7 Å². The maximum absolute atomic E-state index is 12.6. The zero-order valence-electron chi connectivity index (χ0n) is 18.4. The van der Waals surface area contributed by atoms with Crippen LogP contribution in [0.1, 0.15) is 15.9 Å². The Morgan fingerprint density at radius 1 is 1.22 bits per heavy atom. The van der Waals surface area contributed by atoms with E-state index >= 15 is 0 Å². The van der Waals surface area contributed by atoms with Crippen molar-refractivity contribution in [3.05, 3.63) is 34.3 Å². The number of carbonyl (C=O) groups excluding carboxylic acids is 1. The summed E-state index contributed by atoms with van der Waals surface area (Å²) in [4.78, 5) is 23.9. The first-order valence-electron chi connectivity index (χ1n) is 10.2. The normalized spacial score (nSPS) is 14.1. The van der Waals surface area contributed by atoms with Crippen LogP contribution in [-0.2, 0) is 16.0 Å². The number of halogens is 1. The van der Waals surface area contributed by atoms with Crippen molar-refractivity contribution in [1.82, 2.24) is 14.9 Å². The number of aromatic nitrogens is 2. The first-order valence-corrected chi connectivity index (χ1v) is 11.8. The molecule has 1 fully saturated rings. The van der Waals surface area contributed by atoms with Gasteiger partial charge in [0.2, 0.25) is 0 Å². The van der Waals surface area contributed by atoms with Crippen LogP contribution >= 0.6 is 23.4 Å². The van der Waals surface area contributed by atoms with E-state index in [1.54, 1.807) is 13.2 Å². The van der Waals surface area contributed by atoms with E-state index in [4.69, 9.17) is 25.8 Å². The van der Waals surface area contributed by atoms with Crippen LogP contribution in [0.3, 0.4) is 0 Å². The number of benzene rings is 1. The van der Waals surface area contributed by atoms with Crippen LogP contribution in [0.5, 0.6) is 5.75 Å². The molecule has 0 aliphatic carbocycles. The van der Waals surface area contributed by atoms with E-state index in [0.717, 1.165) is 38.4 Å². The molecular weight excluding hydrogens is 454 g/mol. The SMILES string of the molecule is COC(=O)c1c(NCCN2CCOCC2)nc(SC)nc1NCc1ccc(OC)c(Cl)c1. The number of thioether (sulfide) groups is 1. The second-order valence-corrected chi connectivity index (χ2v) is 8.16. The Morgan fingerprint density at radius 3 is 2.56 bits per heavy atom. The molecule has 0 spiro atoms. The molecule has 1 aromatic heterocycles. The molecular formula is C21H28ClN5O4S. The molecule has 9 nitrogen and oxygen atoms in total. The molecule has 0 radical (unpaired) electrons. The molecule has 0 unspecified atom stereocenters. The monoisotopic (exact) mass is 481 g/mol. The number of carbonyl (C=O) groups is 1. The summed E-state index contributed by atoms with van der Waals surface area (Å²) in [7, 11) is 2.91. The lowest BCUT2D eigenvalue weighted by atomic mass is 10.2. The Balaban J connectivity index is 1.79. The number of esters is 1. The van der Waals surface area contributed by atoms with Gasteiger partial charge in [-0.15, -0.1) is 0 Å². The van der Waals surface area contributed by atoms with Crippen LogP contribution in [0.2, 0.25) is 5.02 Å². The second kappa shape index (κ2) is 12.1. The Hall–Kier alpha value is -2.27. The smallest absolute Gasteiger partial charge is 0.345 e. The van der Waals surface area contributed by atoms with Crippen molar-refractivity contribution < 1.29 is 19.0 Å². The van der Waals surface area contributed by atoms with Gasteiger partial charge in [-0.1, -0.05) is 29.4 Å². The molecule has 1 aliphatic rings. The van der Waals surface area contributed by atoms with Crippen molar-refractivity contribution in [2.24, 2.45) is 0 Å². The Morgan fingerprint density at radius 2 is 1.94 bits per heavy atom. The molecule has 0 saturated carbocycles. The third-order valence-electron chi connectivity index (χ3n) is 4.96. The average molecular weight is 482 g/mol. The van der Waals surface area contributed by atoms with Gasteiger partial charge in [0.25, 0.3) is 0 Å². The van der Waals surface area contributed by atoms with Gasteiger partial charge in [0.05, 0.1) is 32.5 Å². The predicted octanol–water partition coefficient (Wildman–Crippen LogP) is 3.00. The number of anilines is 2. The molecule has 0 amide bonds. The minimum Gasteiger partial charge on any atom is -0.495 e. The van der Waals surface area contributed by atoms with Crippen molar-refractivity contribution in [2.75, 3.05) is 70.5 Å². The number of hydrogen-bond donors (Lipinski definition) is 2. The van der Waals surface area contributed by atoms with Gasteiger partial charge in [-0.3, -0.25) is 4.90 Å². The zero-order chi connectivity index (χ0) is 22.9. The predicted molar refractivity (Wildman–Crippen MR) is 126 cm³/mol. The lowest BCUT2D eigenvalue weighted by molar-refractivity contribution is 0.0398. The minimum absolute atomic E-state index is 0.270. The van der Waals surface area contributed by atoms with E-state index < -0.39 is 5.97 Å². The molecule has 1 aliphatic heterocycles. The molecule has 2 heterocycles. The Labute approximate surface area is 197 Å². The molecule has 3 rings (SSSR count). The van der Waals surface area contributed by atoms with Crippen LogP contribution in [-0.4, -0.2) is 80.7 Å². The zero-order valence-corrected chi connectivity index (χ0v) is 20.0. The van der Waals surface area contributed by atoms with Crippen LogP contribution < -0.4 is 15.4 Å². The number of nitrogens with one attached hydrogen (secondary N) is 2. The molecule has 32 heavy (non-hydrogen) atoms. The highest BCUT2D eigenvalue weighted by molar-refractivity contribution is 7.98. The molecule has 1 aromatic carbocycles. The lowest BCUT2D eigenvalue weighted by Gasteiger charge is -2.26. The standard InChI is InChI=1S/C21H28ClN5O4S/c1-29-16-5-4-14(12-15(16)22)13-24-19-17(20(28)30-2)18(25-21(26-19)32-3)23-6-7-27-8-10-31-11-9-27/h4-5,12H,6-11,13H2,1-3H3,(H2,23,24,25,26). The van der Waals surface area contributed by atoms with E-state index in [-0.39, 0.29) is 5.56 Å². The molecule has 2 aromatic rings. The lowest BCUT2D eigenvalue weighted by Crippen LogP contribution is -2.39. The van der Waals surface area contributed by atoms with Crippen LogP contribution in [0.4, 0.5) is 11.6 Å². The largest absolute Gasteiger partial charge is 0.495 e. The topological polar surface area (TPSA) is 97.8 Å². The number of methoxy groups -OCH3 is 2. The van der Waals surface area contributed by atoms with Gasteiger partial charge in [-0.2, -0.15) is 0 Å². The summed E-state index contributed by atoms with van der Waals surface area (Å²) in [5.74, 6) is 0.933. The summed E-state index contributed by atoms with van der Waals surface area (Å²) >= 11 is 7.63. The van der Waals surface area contributed by atoms with Crippen molar-refractivity contribution in [3.63, 3.8) is 0 Å². The highest BCUT2D eigenvalue weighted by atomic mass is 35.5. The highest BCUT2D eigenvalue weighted by Crippen LogP contribution is 2.28. The average Bonchev–Trinajstić information content (AvgIpc) is 2.82. The molecule has 0 bridgehead atoms. The molecule has 11 heteroatoms. The number of nitrogens with zero attached hydrogens (tertiary/aromatic N) is 3. The highest BCUT2D eigenvalue weighted by Gasteiger charge is 2.22. The van der Waals surface area contributed by atoms with E-state index in [9.17, 15) is 4.79 Å². The van der Waals surface area contributed by atoms with Gasteiger partial charge >= 0.3 is 5.97 Å². The van der Waals surface area contributed by atoms with E-state index in [0.29, 0.717) is 40.7 Å².